The molecule has 2 aromatic carbocycles. The van der Waals surface area contributed by atoms with Gasteiger partial charge in [0.25, 0.3) is 0 Å². The number of hydrogen-bond acceptors (Lipinski definition) is 4. The molecule has 2 saturated heterocycles. The molecule has 3 aliphatic rings. The molecule has 2 fully saturated rings. The molecule has 0 saturated carbocycles. The van der Waals surface area contributed by atoms with Crippen molar-refractivity contribution < 1.29 is 8.42 Å². The minimum absolute atomic E-state index is 0.455. The molecule has 26 heavy (non-hydrogen) atoms. The second-order valence-electron chi connectivity index (χ2n) is 7.64. The number of anilines is 1. The zero-order chi connectivity index (χ0) is 17.7. The zero-order valence-electron chi connectivity index (χ0n) is 14.6. The maximum Gasteiger partial charge on any atom is 0.222 e. The van der Waals surface area contributed by atoms with Crippen molar-refractivity contribution in [2.75, 3.05) is 31.1 Å². The standard InChI is InChI=1S/C21H22N2O2S/c24-26(25)20-9-5-4-6-18(20)11-21(26)23-14-16-10-17(15-23)13-22(12-16)19-7-2-1-3-8-19/h1-9,11,16-17H,10,12-15H2. The third-order valence-electron chi connectivity index (χ3n) is 5.78. The van der Waals surface area contributed by atoms with Crippen molar-refractivity contribution in [3.63, 3.8) is 0 Å². The summed E-state index contributed by atoms with van der Waals surface area (Å²) in [6.07, 6.45) is 3.06. The van der Waals surface area contributed by atoms with E-state index in [0.29, 0.717) is 21.8 Å². The number of piperidine rings is 2. The third kappa shape index (κ3) is 2.53. The maximum absolute atomic E-state index is 13.0. The van der Waals surface area contributed by atoms with Gasteiger partial charge < -0.3 is 9.80 Å². The molecule has 0 spiro atoms. The molecule has 5 heteroatoms. The van der Waals surface area contributed by atoms with Crippen LogP contribution in [-0.2, 0) is 9.84 Å². The summed E-state index contributed by atoms with van der Waals surface area (Å²) in [5.74, 6) is 1.00. The number of para-hydroxylation sites is 1. The van der Waals surface area contributed by atoms with E-state index in [0.717, 1.165) is 31.7 Å². The number of likely N-dealkylation sites (tertiary alicyclic amines) is 1. The molecule has 0 radical (unpaired) electrons. The van der Waals surface area contributed by atoms with Gasteiger partial charge in [-0.05, 0) is 48.1 Å². The number of nitrogens with zero attached hydrogens (tertiary/aromatic N) is 2. The Morgan fingerprint density at radius 3 is 2.08 bits per heavy atom. The average Bonchev–Trinajstić information content (AvgIpc) is 2.93. The van der Waals surface area contributed by atoms with Crippen LogP contribution in [0.1, 0.15) is 12.0 Å². The second-order valence-corrected chi connectivity index (χ2v) is 9.50. The van der Waals surface area contributed by atoms with Crippen LogP contribution in [0.5, 0.6) is 0 Å². The normalized spacial score (nSPS) is 26.4. The first-order chi connectivity index (χ1) is 12.6. The Kier molecular flexibility index (Phi) is 3.60. The van der Waals surface area contributed by atoms with Crippen LogP contribution >= 0.6 is 0 Å². The molecule has 2 unspecified atom stereocenters. The van der Waals surface area contributed by atoms with E-state index in [4.69, 9.17) is 0 Å². The Labute approximate surface area is 154 Å². The Morgan fingerprint density at radius 2 is 1.38 bits per heavy atom. The number of sulfone groups is 1. The quantitative estimate of drug-likeness (QED) is 0.818. The minimum atomic E-state index is -3.37. The highest BCUT2D eigenvalue weighted by Gasteiger charge is 2.40. The summed E-state index contributed by atoms with van der Waals surface area (Å²) in [6, 6.07) is 17.9. The van der Waals surface area contributed by atoms with E-state index in [1.807, 2.05) is 24.3 Å². The van der Waals surface area contributed by atoms with Crippen molar-refractivity contribution in [3.8, 4) is 0 Å². The maximum atomic E-state index is 13.0. The summed E-state index contributed by atoms with van der Waals surface area (Å²) in [4.78, 5) is 5.04. The lowest BCUT2D eigenvalue weighted by atomic mass is 9.84. The van der Waals surface area contributed by atoms with E-state index < -0.39 is 9.84 Å². The highest BCUT2D eigenvalue weighted by Crippen LogP contribution is 2.39. The van der Waals surface area contributed by atoms with E-state index in [1.165, 1.54) is 12.1 Å². The van der Waals surface area contributed by atoms with Gasteiger partial charge in [0.05, 0.1) is 4.90 Å². The van der Waals surface area contributed by atoms with E-state index in [2.05, 4.69) is 34.1 Å². The largest absolute Gasteiger partial charge is 0.371 e. The fourth-order valence-corrected chi connectivity index (χ4v) is 6.43. The van der Waals surface area contributed by atoms with Crippen molar-refractivity contribution in [3.05, 3.63) is 65.2 Å². The van der Waals surface area contributed by atoms with Crippen LogP contribution in [0.4, 0.5) is 5.69 Å². The third-order valence-corrected chi connectivity index (χ3v) is 7.65. The van der Waals surface area contributed by atoms with E-state index in [1.54, 1.807) is 12.1 Å². The van der Waals surface area contributed by atoms with E-state index in [9.17, 15) is 8.42 Å². The average molecular weight is 366 g/mol. The van der Waals surface area contributed by atoms with Crippen LogP contribution in [0.2, 0.25) is 0 Å². The van der Waals surface area contributed by atoms with Crippen LogP contribution in [0, 0.1) is 11.8 Å². The fourth-order valence-electron chi connectivity index (χ4n) is 4.74. The summed E-state index contributed by atoms with van der Waals surface area (Å²) in [7, 11) is -3.37. The van der Waals surface area contributed by atoms with Crippen molar-refractivity contribution in [2.45, 2.75) is 11.3 Å². The van der Waals surface area contributed by atoms with Crippen molar-refractivity contribution >= 4 is 21.6 Å². The zero-order valence-corrected chi connectivity index (χ0v) is 15.4. The summed E-state index contributed by atoms with van der Waals surface area (Å²) in [5.41, 5.74) is 2.10. The van der Waals surface area contributed by atoms with Crippen molar-refractivity contribution in [2.24, 2.45) is 11.8 Å². The van der Waals surface area contributed by atoms with Crippen LogP contribution in [0.15, 0.2) is 64.5 Å². The van der Waals surface area contributed by atoms with Crippen LogP contribution in [0.25, 0.3) is 6.08 Å². The highest BCUT2D eigenvalue weighted by molar-refractivity contribution is 7.95. The molecular weight excluding hydrogens is 344 g/mol. The lowest BCUT2D eigenvalue weighted by Gasteiger charge is -2.47. The molecular formula is C21H22N2O2S. The first-order valence-corrected chi connectivity index (χ1v) is 10.7. The summed E-state index contributed by atoms with van der Waals surface area (Å²) < 4.78 is 25.9. The predicted molar refractivity (Wildman–Crippen MR) is 103 cm³/mol. The first kappa shape index (κ1) is 15.9. The Hall–Kier alpha value is -2.27. The predicted octanol–water partition coefficient (Wildman–Crippen LogP) is 3.23. The smallest absolute Gasteiger partial charge is 0.222 e. The molecule has 2 aromatic rings. The van der Waals surface area contributed by atoms with Gasteiger partial charge in [-0.25, -0.2) is 8.42 Å². The molecule has 4 nitrogen and oxygen atoms in total. The molecule has 2 atom stereocenters. The van der Waals surface area contributed by atoms with Gasteiger partial charge in [0.15, 0.2) is 0 Å². The van der Waals surface area contributed by atoms with Gasteiger partial charge in [-0.1, -0.05) is 36.4 Å². The first-order valence-electron chi connectivity index (χ1n) is 9.22. The van der Waals surface area contributed by atoms with E-state index in [-0.39, 0.29) is 0 Å². The molecule has 3 aliphatic heterocycles. The van der Waals surface area contributed by atoms with Gasteiger partial charge >= 0.3 is 0 Å². The molecule has 0 aromatic heterocycles. The number of hydrogen-bond donors (Lipinski definition) is 0. The van der Waals surface area contributed by atoms with Gasteiger partial charge in [-0.2, -0.15) is 0 Å². The molecule has 0 aliphatic carbocycles. The molecule has 3 heterocycles. The Balaban J connectivity index is 1.39. The summed E-state index contributed by atoms with van der Waals surface area (Å²) in [5, 5.41) is 0.501. The van der Waals surface area contributed by atoms with Crippen LogP contribution < -0.4 is 4.90 Å². The van der Waals surface area contributed by atoms with Crippen molar-refractivity contribution in [1.82, 2.24) is 4.90 Å². The number of rotatable bonds is 2. The molecule has 5 rings (SSSR count). The molecule has 0 N–H and O–H groups in total. The second kappa shape index (κ2) is 5.88. The number of fused-ring (bicyclic) bond motifs is 3. The Bertz CT molecular complexity index is 955. The van der Waals surface area contributed by atoms with E-state index >= 15 is 0 Å². The molecule has 0 amide bonds. The fraction of sp³-hybridized carbons (Fsp3) is 0.333. The molecule has 134 valence electrons. The lowest BCUT2D eigenvalue weighted by molar-refractivity contribution is 0.147. The van der Waals surface area contributed by atoms with Gasteiger partial charge in [-0.15, -0.1) is 0 Å². The minimum Gasteiger partial charge on any atom is -0.371 e. The monoisotopic (exact) mass is 366 g/mol. The summed E-state index contributed by atoms with van der Waals surface area (Å²) >= 11 is 0. The Morgan fingerprint density at radius 1 is 0.769 bits per heavy atom. The van der Waals surface area contributed by atoms with Crippen molar-refractivity contribution in [1.29, 1.82) is 0 Å². The topological polar surface area (TPSA) is 40.6 Å². The molecule has 2 bridgehead atoms. The van der Waals surface area contributed by atoms with Gasteiger partial charge in [0.2, 0.25) is 9.84 Å². The number of benzene rings is 2. The van der Waals surface area contributed by atoms with Gasteiger partial charge in [-0.3, -0.25) is 0 Å². The summed E-state index contributed by atoms with van der Waals surface area (Å²) in [6.45, 7) is 3.63. The van der Waals surface area contributed by atoms with Gasteiger partial charge in [0, 0.05) is 31.9 Å². The highest BCUT2D eigenvalue weighted by atomic mass is 32.2. The van der Waals surface area contributed by atoms with Gasteiger partial charge in [0.1, 0.15) is 5.03 Å². The van der Waals surface area contributed by atoms with Crippen LogP contribution in [-0.4, -0.2) is 39.5 Å². The lowest BCUT2D eigenvalue weighted by Crippen LogP contribution is -2.52. The van der Waals surface area contributed by atoms with Crippen LogP contribution in [0.3, 0.4) is 0 Å². The SMILES string of the molecule is O=S1(=O)C(N2CC3CC(C2)CN(c2ccccc2)C3)=Cc2ccccc21.